The molecule has 0 fully saturated rings. The summed E-state index contributed by atoms with van der Waals surface area (Å²) in [7, 11) is 4.08. The van der Waals surface area contributed by atoms with Gasteiger partial charge in [0.2, 0.25) is 0 Å². The SMILES string of the molecule is C=CCCCN(C)C(=NCCc1c(C)nn(C)c1C)NCC.I. The molecule has 23 heavy (non-hydrogen) atoms. The lowest BCUT2D eigenvalue weighted by molar-refractivity contribution is 0.470. The normalized spacial score (nSPS) is 11.1. The van der Waals surface area contributed by atoms with Gasteiger partial charge in [-0.2, -0.15) is 5.10 Å². The van der Waals surface area contributed by atoms with Crippen LogP contribution in [0.1, 0.15) is 36.7 Å². The number of aryl methyl sites for hydroxylation is 2. The second kappa shape index (κ2) is 11.5. The Morgan fingerprint density at radius 2 is 2.13 bits per heavy atom. The summed E-state index contributed by atoms with van der Waals surface area (Å²) in [5.74, 6) is 0.978. The Kier molecular flexibility index (Phi) is 11.0. The van der Waals surface area contributed by atoms with Crippen molar-refractivity contribution in [2.75, 3.05) is 26.7 Å². The zero-order valence-corrected chi connectivity index (χ0v) is 17.6. The Hall–Kier alpha value is -1.05. The minimum atomic E-state index is 0. The van der Waals surface area contributed by atoms with E-state index >= 15 is 0 Å². The Morgan fingerprint density at radius 3 is 2.65 bits per heavy atom. The molecule has 0 aromatic carbocycles. The van der Waals surface area contributed by atoms with E-state index in [0.717, 1.165) is 50.6 Å². The fraction of sp³-hybridized carbons (Fsp3) is 0.647. The van der Waals surface area contributed by atoms with Crippen LogP contribution in [0.5, 0.6) is 0 Å². The minimum absolute atomic E-state index is 0. The first-order valence-corrected chi connectivity index (χ1v) is 8.10. The third-order valence-corrected chi connectivity index (χ3v) is 3.88. The summed E-state index contributed by atoms with van der Waals surface area (Å²) in [6.45, 7) is 12.7. The van der Waals surface area contributed by atoms with E-state index < -0.39 is 0 Å². The van der Waals surface area contributed by atoms with Gasteiger partial charge in [0, 0.05) is 39.4 Å². The molecule has 1 aromatic heterocycles. The van der Waals surface area contributed by atoms with E-state index in [2.05, 4.69) is 49.7 Å². The van der Waals surface area contributed by atoms with Gasteiger partial charge in [-0.3, -0.25) is 9.67 Å². The van der Waals surface area contributed by atoms with Crippen LogP contribution in [0.2, 0.25) is 0 Å². The van der Waals surface area contributed by atoms with Crippen molar-refractivity contribution in [2.45, 2.75) is 40.0 Å². The molecule has 0 aliphatic heterocycles. The molecular weight excluding hydrogens is 401 g/mol. The Morgan fingerprint density at radius 1 is 1.43 bits per heavy atom. The van der Waals surface area contributed by atoms with Crippen LogP contribution in [-0.4, -0.2) is 47.3 Å². The molecule has 0 saturated carbocycles. The molecule has 1 rings (SSSR count). The molecule has 1 N–H and O–H groups in total. The lowest BCUT2D eigenvalue weighted by Crippen LogP contribution is -2.39. The van der Waals surface area contributed by atoms with Crippen molar-refractivity contribution in [3.63, 3.8) is 0 Å². The zero-order chi connectivity index (χ0) is 16.5. The standard InChI is InChI=1S/C17H31N5.HI/c1-7-9-10-13-21(5)17(18-8-2)19-12-11-16-14(3)20-22(6)15(16)4;/h7H,1,8-13H2,2-6H3,(H,18,19);1H. The molecule has 1 heterocycles. The van der Waals surface area contributed by atoms with Crippen LogP contribution in [0.25, 0.3) is 0 Å². The predicted molar refractivity (Wildman–Crippen MR) is 110 cm³/mol. The molecule has 0 aliphatic rings. The number of halogens is 1. The summed E-state index contributed by atoms with van der Waals surface area (Å²) in [5, 5.41) is 7.82. The fourth-order valence-corrected chi connectivity index (χ4v) is 2.50. The highest BCUT2D eigenvalue weighted by atomic mass is 127. The van der Waals surface area contributed by atoms with Crippen molar-refractivity contribution in [1.82, 2.24) is 20.0 Å². The van der Waals surface area contributed by atoms with E-state index in [-0.39, 0.29) is 24.0 Å². The van der Waals surface area contributed by atoms with E-state index in [1.54, 1.807) is 0 Å². The number of guanidine groups is 1. The number of rotatable bonds is 8. The summed E-state index contributed by atoms with van der Waals surface area (Å²) in [6, 6.07) is 0. The first-order valence-electron chi connectivity index (χ1n) is 8.10. The van der Waals surface area contributed by atoms with Crippen molar-refractivity contribution in [3.05, 3.63) is 29.6 Å². The maximum Gasteiger partial charge on any atom is 0.193 e. The first kappa shape index (κ1) is 21.9. The van der Waals surface area contributed by atoms with E-state index in [9.17, 15) is 0 Å². The molecule has 5 nitrogen and oxygen atoms in total. The van der Waals surface area contributed by atoms with Gasteiger partial charge in [-0.25, -0.2) is 0 Å². The summed E-state index contributed by atoms with van der Waals surface area (Å²) in [6.07, 6.45) is 5.04. The lowest BCUT2D eigenvalue weighted by atomic mass is 10.1. The predicted octanol–water partition coefficient (Wildman–Crippen LogP) is 3.06. The monoisotopic (exact) mass is 433 g/mol. The highest BCUT2D eigenvalue weighted by molar-refractivity contribution is 14.0. The molecule has 0 aliphatic carbocycles. The Labute approximate surface area is 158 Å². The van der Waals surface area contributed by atoms with Gasteiger partial charge in [-0.1, -0.05) is 6.08 Å². The Balaban J connectivity index is 0.00000484. The van der Waals surface area contributed by atoms with Gasteiger partial charge in [0.25, 0.3) is 0 Å². The van der Waals surface area contributed by atoms with E-state index in [1.807, 2.05) is 17.8 Å². The second-order valence-electron chi connectivity index (χ2n) is 5.61. The van der Waals surface area contributed by atoms with Gasteiger partial charge in [0.1, 0.15) is 0 Å². The molecule has 1 aromatic rings. The molecule has 0 unspecified atom stereocenters. The smallest absolute Gasteiger partial charge is 0.193 e. The summed E-state index contributed by atoms with van der Waals surface area (Å²) in [5.41, 5.74) is 3.66. The van der Waals surface area contributed by atoms with Crippen LogP contribution in [0.3, 0.4) is 0 Å². The molecule has 0 saturated heterocycles. The molecular formula is C17H32IN5. The first-order chi connectivity index (χ1) is 10.5. The van der Waals surface area contributed by atoms with Gasteiger partial charge in [-0.05, 0) is 45.6 Å². The van der Waals surface area contributed by atoms with Crippen molar-refractivity contribution in [2.24, 2.45) is 12.0 Å². The van der Waals surface area contributed by atoms with Gasteiger partial charge in [0.05, 0.1) is 5.69 Å². The molecule has 0 atom stereocenters. The molecule has 0 bridgehead atoms. The molecule has 6 heteroatoms. The number of hydrogen-bond acceptors (Lipinski definition) is 2. The van der Waals surface area contributed by atoms with Crippen molar-refractivity contribution < 1.29 is 0 Å². The quantitative estimate of drug-likeness (QED) is 0.225. The van der Waals surface area contributed by atoms with Gasteiger partial charge >= 0.3 is 0 Å². The van der Waals surface area contributed by atoms with Crippen LogP contribution in [-0.2, 0) is 13.5 Å². The molecule has 132 valence electrons. The summed E-state index contributed by atoms with van der Waals surface area (Å²) < 4.78 is 1.95. The van der Waals surface area contributed by atoms with Gasteiger partial charge in [0.15, 0.2) is 5.96 Å². The Bertz CT molecular complexity index is 507. The summed E-state index contributed by atoms with van der Waals surface area (Å²) in [4.78, 5) is 6.94. The topological polar surface area (TPSA) is 45.5 Å². The van der Waals surface area contributed by atoms with E-state index in [4.69, 9.17) is 4.99 Å². The van der Waals surface area contributed by atoms with Gasteiger partial charge in [-0.15, -0.1) is 30.6 Å². The number of hydrogen-bond donors (Lipinski definition) is 1. The van der Waals surface area contributed by atoms with Gasteiger partial charge < -0.3 is 10.2 Å². The highest BCUT2D eigenvalue weighted by Gasteiger charge is 2.09. The number of nitrogens with one attached hydrogen (secondary N) is 1. The maximum absolute atomic E-state index is 4.75. The molecule has 0 amide bonds. The molecule has 0 radical (unpaired) electrons. The van der Waals surface area contributed by atoms with E-state index in [0.29, 0.717) is 0 Å². The van der Waals surface area contributed by atoms with Crippen molar-refractivity contribution >= 4 is 29.9 Å². The number of unbranched alkanes of at least 4 members (excludes halogenated alkanes) is 1. The fourth-order valence-electron chi connectivity index (χ4n) is 2.50. The number of allylic oxidation sites excluding steroid dienone is 1. The van der Waals surface area contributed by atoms with Crippen LogP contribution in [0.4, 0.5) is 0 Å². The van der Waals surface area contributed by atoms with Crippen LogP contribution in [0.15, 0.2) is 17.6 Å². The number of aliphatic imine (C=N–C) groups is 1. The average Bonchev–Trinajstić information content (AvgIpc) is 2.72. The zero-order valence-electron chi connectivity index (χ0n) is 15.2. The number of aromatic nitrogens is 2. The third-order valence-electron chi connectivity index (χ3n) is 3.88. The maximum atomic E-state index is 4.75. The second-order valence-corrected chi connectivity index (χ2v) is 5.61. The average molecular weight is 433 g/mol. The summed E-state index contributed by atoms with van der Waals surface area (Å²) >= 11 is 0. The van der Waals surface area contributed by atoms with Crippen LogP contribution < -0.4 is 5.32 Å². The molecule has 0 spiro atoms. The highest BCUT2D eigenvalue weighted by Crippen LogP contribution is 2.12. The van der Waals surface area contributed by atoms with E-state index in [1.165, 1.54) is 11.3 Å². The van der Waals surface area contributed by atoms with Crippen LogP contribution in [0, 0.1) is 13.8 Å². The van der Waals surface area contributed by atoms with Crippen molar-refractivity contribution in [3.8, 4) is 0 Å². The number of nitrogens with zero attached hydrogens (tertiary/aromatic N) is 4. The largest absolute Gasteiger partial charge is 0.357 e. The van der Waals surface area contributed by atoms with Crippen molar-refractivity contribution in [1.29, 1.82) is 0 Å². The van der Waals surface area contributed by atoms with Crippen LogP contribution >= 0.6 is 24.0 Å². The minimum Gasteiger partial charge on any atom is -0.357 e. The third kappa shape index (κ3) is 6.93. The lowest BCUT2D eigenvalue weighted by Gasteiger charge is -2.21.